The second-order valence-electron chi connectivity index (χ2n) is 6.99. The van der Waals surface area contributed by atoms with Gasteiger partial charge in [-0.3, -0.25) is 0 Å². The highest BCUT2D eigenvalue weighted by molar-refractivity contribution is 5.31. The Kier molecular flexibility index (Phi) is 7.09. The molecule has 1 heterocycles. The van der Waals surface area contributed by atoms with E-state index >= 15 is 0 Å². The minimum atomic E-state index is 0.683. The Morgan fingerprint density at radius 2 is 1.44 bits per heavy atom. The Morgan fingerprint density at radius 3 is 2.04 bits per heavy atom. The lowest BCUT2D eigenvalue weighted by atomic mass is 10.1. The predicted molar refractivity (Wildman–Crippen MR) is 104 cm³/mol. The van der Waals surface area contributed by atoms with Gasteiger partial charge in [-0.1, -0.05) is 12.1 Å². The molecule has 5 nitrogen and oxygen atoms in total. The first kappa shape index (κ1) is 19.2. The number of nitrogens with zero attached hydrogens (tertiary/aromatic N) is 1. The van der Waals surface area contributed by atoms with Crippen molar-refractivity contribution in [2.24, 2.45) is 0 Å². The summed E-state index contributed by atoms with van der Waals surface area (Å²) in [4.78, 5) is 3.24. The van der Waals surface area contributed by atoms with Gasteiger partial charge in [0.15, 0.2) is 0 Å². The molecule has 142 valence electrons. The van der Waals surface area contributed by atoms with E-state index in [4.69, 9.17) is 14.7 Å². The van der Waals surface area contributed by atoms with Gasteiger partial charge in [-0.05, 0) is 43.3 Å². The monoisotopic (exact) mass is 367 g/mol. The molecule has 0 unspecified atom stereocenters. The van der Waals surface area contributed by atoms with Crippen molar-refractivity contribution in [2.75, 3.05) is 45.9 Å². The maximum atomic E-state index is 8.88. The SMILES string of the molecule is CCOc1ccc(OCC[NH+]2CC[NH+](Cc3ccc(C#N)cc3)CC2)cc1. The van der Waals surface area contributed by atoms with E-state index < -0.39 is 0 Å². The van der Waals surface area contributed by atoms with E-state index in [-0.39, 0.29) is 0 Å². The summed E-state index contributed by atoms with van der Waals surface area (Å²) in [5.74, 6) is 1.79. The van der Waals surface area contributed by atoms with Crippen molar-refractivity contribution >= 4 is 0 Å². The highest BCUT2D eigenvalue weighted by Crippen LogP contribution is 2.17. The summed E-state index contributed by atoms with van der Waals surface area (Å²) in [5, 5.41) is 8.88. The maximum absolute atomic E-state index is 8.88. The van der Waals surface area contributed by atoms with Crippen molar-refractivity contribution in [3.63, 3.8) is 0 Å². The third kappa shape index (κ3) is 5.99. The van der Waals surface area contributed by atoms with Gasteiger partial charge in [-0.2, -0.15) is 5.26 Å². The van der Waals surface area contributed by atoms with Gasteiger partial charge in [0.05, 0.1) is 18.2 Å². The zero-order chi connectivity index (χ0) is 18.9. The molecule has 0 spiro atoms. The predicted octanol–water partition coefficient (Wildman–Crippen LogP) is 0.319. The van der Waals surface area contributed by atoms with Crippen LogP contribution in [0.3, 0.4) is 0 Å². The molecule has 3 rings (SSSR count). The average molecular weight is 367 g/mol. The summed E-state index contributed by atoms with van der Waals surface area (Å²) in [6.45, 7) is 10.2. The number of hydrogen-bond donors (Lipinski definition) is 2. The summed E-state index contributed by atoms with van der Waals surface area (Å²) in [7, 11) is 0. The van der Waals surface area contributed by atoms with Crippen LogP contribution in [-0.2, 0) is 6.54 Å². The van der Waals surface area contributed by atoms with E-state index in [1.54, 1.807) is 9.80 Å². The molecule has 0 amide bonds. The van der Waals surface area contributed by atoms with E-state index in [0.29, 0.717) is 6.61 Å². The Hall–Kier alpha value is -2.55. The fourth-order valence-corrected chi connectivity index (χ4v) is 3.48. The molecule has 2 N–H and O–H groups in total. The number of nitrogens with one attached hydrogen (secondary N) is 2. The molecule has 0 bridgehead atoms. The first-order valence-corrected chi connectivity index (χ1v) is 9.78. The van der Waals surface area contributed by atoms with E-state index in [2.05, 4.69) is 18.2 Å². The van der Waals surface area contributed by atoms with Crippen molar-refractivity contribution in [3.05, 3.63) is 59.7 Å². The van der Waals surface area contributed by atoms with Crippen LogP contribution in [0.25, 0.3) is 0 Å². The van der Waals surface area contributed by atoms with E-state index in [1.807, 2.05) is 43.3 Å². The molecule has 2 aromatic carbocycles. The molecule has 0 aromatic heterocycles. The standard InChI is InChI=1S/C22H27N3O2/c1-2-26-21-7-9-22(10-8-21)27-16-15-24-11-13-25(14-12-24)18-20-5-3-19(17-23)4-6-20/h3-10H,2,11-16,18H2,1H3/p+2. The molecule has 0 atom stereocenters. The Morgan fingerprint density at radius 1 is 0.852 bits per heavy atom. The number of nitriles is 1. The fourth-order valence-electron chi connectivity index (χ4n) is 3.48. The van der Waals surface area contributed by atoms with Crippen LogP contribution in [0.5, 0.6) is 11.5 Å². The zero-order valence-corrected chi connectivity index (χ0v) is 16.0. The zero-order valence-electron chi connectivity index (χ0n) is 16.0. The highest BCUT2D eigenvalue weighted by atomic mass is 16.5. The average Bonchev–Trinajstić information content (AvgIpc) is 2.71. The summed E-state index contributed by atoms with van der Waals surface area (Å²) in [5.41, 5.74) is 2.04. The minimum absolute atomic E-state index is 0.683. The van der Waals surface area contributed by atoms with Crippen molar-refractivity contribution in [2.45, 2.75) is 13.5 Å². The molecule has 2 aromatic rings. The molecule has 0 radical (unpaired) electrons. The van der Waals surface area contributed by atoms with Crippen LogP contribution < -0.4 is 19.3 Å². The summed E-state index contributed by atoms with van der Waals surface area (Å²) in [6.07, 6.45) is 0. The van der Waals surface area contributed by atoms with Crippen LogP contribution in [0.15, 0.2) is 48.5 Å². The van der Waals surface area contributed by atoms with Gasteiger partial charge in [0.25, 0.3) is 0 Å². The topological polar surface area (TPSA) is 51.1 Å². The smallest absolute Gasteiger partial charge is 0.137 e. The second-order valence-corrected chi connectivity index (χ2v) is 6.99. The van der Waals surface area contributed by atoms with Gasteiger partial charge in [0.2, 0.25) is 0 Å². The Labute approximate surface area is 161 Å². The van der Waals surface area contributed by atoms with Gasteiger partial charge >= 0.3 is 0 Å². The normalized spacial score (nSPS) is 19.3. The summed E-state index contributed by atoms with van der Waals surface area (Å²) in [6, 6.07) is 18.0. The van der Waals surface area contributed by atoms with Gasteiger partial charge in [-0.25, -0.2) is 0 Å². The van der Waals surface area contributed by atoms with E-state index in [9.17, 15) is 0 Å². The van der Waals surface area contributed by atoms with Crippen LogP contribution in [0.1, 0.15) is 18.1 Å². The molecule has 1 aliphatic rings. The summed E-state index contributed by atoms with van der Waals surface area (Å²) < 4.78 is 11.3. The van der Waals surface area contributed by atoms with Gasteiger partial charge < -0.3 is 19.3 Å². The van der Waals surface area contributed by atoms with Crippen molar-refractivity contribution in [3.8, 4) is 17.6 Å². The second kappa shape index (κ2) is 9.96. The largest absolute Gasteiger partial charge is 0.494 e. The molecule has 5 heteroatoms. The molecular weight excluding hydrogens is 338 g/mol. The number of benzene rings is 2. The van der Waals surface area contributed by atoms with Crippen LogP contribution in [0.2, 0.25) is 0 Å². The van der Waals surface area contributed by atoms with E-state index in [0.717, 1.165) is 36.8 Å². The number of rotatable bonds is 8. The number of ether oxygens (including phenoxy) is 2. The first-order chi connectivity index (χ1) is 13.3. The van der Waals surface area contributed by atoms with Crippen molar-refractivity contribution in [1.82, 2.24) is 0 Å². The molecule has 27 heavy (non-hydrogen) atoms. The van der Waals surface area contributed by atoms with Crippen LogP contribution in [-0.4, -0.2) is 45.9 Å². The molecular formula is C22H29N3O2+2. The van der Waals surface area contributed by atoms with Crippen molar-refractivity contribution in [1.29, 1.82) is 5.26 Å². The molecule has 0 aliphatic carbocycles. The number of hydrogen-bond acceptors (Lipinski definition) is 3. The fraction of sp³-hybridized carbons (Fsp3) is 0.409. The molecule has 0 saturated carbocycles. The first-order valence-electron chi connectivity index (χ1n) is 9.78. The number of quaternary nitrogens is 2. The lowest BCUT2D eigenvalue weighted by Crippen LogP contribution is -3.27. The third-order valence-electron chi connectivity index (χ3n) is 5.06. The lowest BCUT2D eigenvalue weighted by Gasteiger charge is -2.29. The summed E-state index contributed by atoms with van der Waals surface area (Å²) >= 11 is 0. The lowest BCUT2D eigenvalue weighted by molar-refractivity contribution is -1.02. The Bertz CT molecular complexity index is 730. The molecule has 1 aliphatic heterocycles. The third-order valence-corrected chi connectivity index (χ3v) is 5.06. The van der Waals surface area contributed by atoms with Crippen molar-refractivity contribution < 1.29 is 19.3 Å². The highest BCUT2D eigenvalue weighted by Gasteiger charge is 2.22. The number of piperazine rings is 1. The van der Waals surface area contributed by atoms with Gasteiger partial charge in [0, 0.05) is 5.56 Å². The van der Waals surface area contributed by atoms with Crippen LogP contribution in [0.4, 0.5) is 0 Å². The maximum Gasteiger partial charge on any atom is 0.137 e. The minimum Gasteiger partial charge on any atom is -0.494 e. The van der Waals surface area contributed by atoms with Crippen LogP contribution >= 0.6 is 0 Å². The van der Waals surface area contributed by atoms with Gasteiger partial charge in [0.1, 0.15) is 57.4 Å². The Balaban J connectivity index is 1.35. The van der Waals surface area contributed by atoms with E-state index in [1.165, 1.54) is 31.7 Å². The quantitative estimate of drug-likeness (QED) is 0.707. The molecule has 1 fully saturated rings. The molecule has 1 saturated heterocycles. The van der Waals surface area contributed by atoms with Gasteiger partial charge in [-0.15, -0.1) is 0 Å². The van der Waals surface area contributed by atoms with Crippen LogP contribution in [0, 0.1) is 11.3 Å².